The maximum Gasteiger partial charge on any atom is 0.335 e. The summed E-state index contributed by atoms with van der Waals surface area (Å²) in [6.45, 7) is 0.415. The van der Waals surface area contributed by atoms with Crippen LogP contribution in [0, 0.1) is 0 Å². The summed E-state index contributed by atoms with van der Waals surface area (Å²) in [5, 5.41) is 13.3. The molecule has 0 spiro atoms. The van der Waals surface area contributed by atoms with Crippen molar-refractivity contribution in [2.45, 2.75) is 29.2 Å². The minimum Gasteiger partial charge on any atom is -0.478 e. The Balaban J connectivity index is 1.92. The number of hydrogen-bond donors (Lipinski definition) is 1. The molecule has 4 rings (SSSR count). The first-order valence-corrected chi connectivity index (χ1v) is 11.3. The smallest absolute Gasteiger partial charge is 0.335 e. The Kier molecular flexibility index (Phi) is 5.48. The van der Waals surface area contributed by atoms with E-state index in [4.69, 9.17) is 33.0 Å². The van der Waals surface area contributed by atoms with Gasteiger partial charge < -0.3 is 9.84 Å². The number of carbonyl (C=O) groups is 1. The molecule has 7 nitrogen and oxygen atoms in total. The van der Waals surface area contributed by atoms with Crippen LogP contribution in [0.15, 0.2) is 52.4 Å². The first-order chi connectivity index (χ1) is 14.3. The van der Waals surface area contributed by atoms with Crippen LogP contribution in [-0.2, 0) is 16.3 Å². The van der Waals surface area contributed by atoms with Crippen molar-refractivity contribution in [3.05, 3.63) is 63.6 Å². The molecule has 1 aromatic heterocycles. The lowest BCUT2D eigenvalue weighted by Crippen LogP contribution is -2.08. The molecule has 10 heteroatoms. The Morgan fingerprint density at radius 2 is 1.73 bits per heavy atom. The van der Waals surface area contributed by atoms with E-state index in [9.17, 15) is 13.2 Å². The van der Waals surface area contributed by atoms with Crippen LogP contribution < -0.4 is 4.74 Å². The number of rotatable bonds is 4. The van der Waals surface area contributed by atoms with E-state index in [0.29, 0.717) is 30.2 Å². The summed E-state index contributed by atoms with van der Waals surface area (Å²) < 4.78 is 34.2. The van der Waals surface area contributed by atoms with E-state index in [1.54, 1.807) is 18.2 Å². The van der Waals surface area contributed by atoms with E-state index in [1.807, 2.05) is 0 Å². The summed E-state index contributed by atoms with van der Waals surface area (Å²) in [5.74, 6) is -0.744. The van der Waals surface area contributed by atoms with E-state index >= 15 is 0 Å². The third-order valence-electron chi connectivity index (χ3n) is 4.76. The van der Waals surface area contributed by atoms with Crippen LogP contribution in [0.1, 0.15) is 28.8 Å². The van der Waals surface area contributed by atoms with Crippen molar-refractivity contribution >= 4 is 39.0 Å². The molecule has 1 N–H and O–H groups in total. The van der Waals surface area contributed by atoms with Gasteiger partial charge in [0.15, 0.2) is 5.03 Å². The monoisotopic (exact) mass is 466 g/mol. The molecule has 0 saturated heterocycles. The summed E-state index contributed by atoms with van der Waals surface area (Å²) in [6, 6.07) is 10.4. The van der Waals surface area contributed by atoms with Gasteiger partial charge in [0.2, 0.25) is 15.7 Å². The zero-order valence-electron chi connectivity index (χ0n) is 15.5. The van der Waals surface area contributed by atoms with Crippen LogP contribution in [-0.4, -0.2) is 35.9 Å². The van der Waals surface area contributed by atoms with Gasteiger partial charge in [-0.05, 0) is 55.7 Å². The van der Waals surface area contributed by atoms with Crippen LogP contribution in [0.5, 0.6) is 5.88 Å². The fourth-order valence-electron chi connectivity index (χ4n) is 3.32. The molecule has 156 valence electrons. The number of benzene rings is 2. The predicted molar refractivity (Wildman–Crippen MR) is 111 cm³/mol. The Morgan fingerprint density at radius 3 is 2.37 bits per heavy atom. The van der Waals surface area contributed by atoms with Crippen molar-refractivity contribution in [3.8, 4) is 11.6 Å². The van der Waals surface area contributed by atoms with Crippen LogP contribution in [0.3, 0.4) is 0 Å². The fraction of sp³-hybridized carbons (Fsp3) is 0.200. The molecule has 0 amide bonds. The Labute approximate surface area is 182 Å². The van der Waals surface area contributed by atoms with Gasteiger partial charge in [0, 0.05) is 0 Å². The van der Waals surface area contributed by atoms with Gasteiger partial charge in [-0.25, -0.2) is 13.2 Å². The molecule has 1 aliphatic heterocycles. The Morgan fingerprint density at radius 1 is 1.07 bits per heavy atom. The van der Waals surface area contributed by atoms with E-state index in [-0.39, 0.29) is 25.5 Å². The molecule has 0 unspecified atom stereocenters. The number of hydrogen-bond acceptors (Lipinski definition) is 5. The fourth-order valence-corrected chi connectivity index (χ4v) is 5.88. The van der Waals surface area contributed by atoms with Gasteiger partial charge >= 0.3 is 5.97 Å². The molecule has 0 atom stereocenters. The van der Waals surface area contributed by atoms with E-state index in [1.165, 1.54) is 28.9 Å². The van der Waals surface area contributed by atoms with Gasteiger partial charge in [-0.3, -0.25) is 0 Å². The second-order valence-electron chi connectivity index (χ2n) is 6.71. The number of halogens is 2. The number of aromatic nitrogens is 2. The largest absolute Gasteiger partial charge is 0.478 e. The number of fused-ring (bicyclic) bond motifs is 1. The van der Waals surface area contributed by atoms with Gasteiger partial charge in [0.1, 0.15) is 4.90 Å². The maximum absolute atomic E-state index is 13.5. The van der Waals surface area contributed by atoms with Crippen LogP contribution >= 0.6 is 23.2 Å². The topological polar surface area (TPSA) is 98.5 Å². The Hall–Kier alpha value is -2.55. The van der Waals surface area contributed by atoms with Gasteiger partial charge in [0.25, 0.3) is 0 Å². The first-order valence-electron chi connectivity index (χ1n) is 9.08. The molecule has 0 saturated carbocycles. The van der Waals surface area contributed by atoms with Gasteiger partial charge in [0.05, 0.1) is 33.5 Å². The third kappa shape index (κ3) is 3.55. The summed E-state index contributed by atoms with van der Waals surface area (Å²) in [4.78, 5) is 10.9. The number of sulfone groups is 1. The summed E-state index contributed by atoms with van der Waals surface area (Å²) in [7, 11) is -4.14. The summed E-state index contributed by atoms with van der Waals surface area (Å²) >= 11 is 12.3. The molecule has 1 aliphatic rings. The van der Waals surface area contributed by atoms with Crippen LogP contribution in [0.25, 0.3) is 5.69 Å². The molecule has 2 aromatic carbocycles. The lowest BCUT2D eigenvalue weighted by Gasteiger charge is -2.08. The predicted octanol–water partition coefficient (Wildman–Crippen LogP) is 4.43. The highest BCUT2D eigenvalue weighted by Gasteiger charge is 2.34. The zero-order chi connectivity index (χ0) is 21.5. The summed E-state index contributed by atoms with van der Waals surface area (Å²) in [6.07, 6.45) is 1.95. The van der Waals surface area contributed by atoms with Crippen molar-refractivity contribution in [2.24, 2.45) is 0 Å². The number of carboxylic acid groups (broad SMARTS) is 1. The van der Waals surface area contributed by atoms with Crippen LogP contribution in [0.4, 0.5) is 0 Å². The Bertz CT molecular complexity index is 1220. The molecular formula is C20H16Cl2N2O5S. The van der Waals surface area contributed by atoms with Gasteiger partial charge in [-0.1, -0.05) is 29.3 Å². The number of aromatic carboxylic acids is 1. The minimum absolute atomic E-state index is 0.00570. The third-order valence-corrected chi connectivity index (χ3v) is 7.43. The molecule has 2 heterocycles. The number of nitrogens with zero attached hydrogens (tertiary/aromatic N) is 2. The molecule has 0 radical (unpaired) electrons. The first kappa shape index (κ1) is 20.7. The second kappa shape index (κ2) is 7.94. The van der Waals surface area contributed by atoms with Gasteiger partial charge in [-0.15, -0.1) is 0 Å². The van der Waals surface area contributed by atoms with Gasteiger partial charge in [-0.2, -0.15) is 9.78 Å². The molecule has 3 aromatic rings. The molecule has 0 aliphatic carbocycles. The normalized spacial score (nSPS) is 13.9. The SMILES string of the molecule is O=C(O)c1ccc(-n2nc(S(=O)(=O)c3c(Cl)cccc3Cl)c3c2OCCCC3)cc1. The molecular weight excluding hydrogens is 451 g/mol. The van der Waals surface area contributed by atoms with Crippen molar-refractivity contribution in [3.63, 3.8) is 0 Å². The minimum atomic E-state index is -4.14. The van der Waals surface area contributed by atoms with E-state index in [2.05, 4.69) is 5.10 Å². The molecule has 0 bridgehead atoms. The quantitative estimate of drug-likeness (QED) is 0.610. The van der Waals surface area contributed by atoms with Crippen molar-refractivity contribution in [2.75, 3.05) is 6.61 Å². The highest BCUT2D eigenvalue weighted by molar-refractivity contribution is 7.91. The van der Waals surface area contributed by atoms with Crippen molar-refractivity contribution in [1.82, 2.24) is 9.78 Å². The lowest BCUT2D eigenvalue weighted by atomic mass is 10.2. The molecule has 0 fully saturated rings. The average Bonchev–Trinajstić information content (AvgIpc) is 2.90. The lowest BCUT2D eigenvalue weighted by molar-refractivity contribution is 0.0697. The van der Waals surface area contributed by atoms with E-state index in [0.717, 1.165) is 12.8 Å². The highest BCUT2D eigenvalue weighted by atomic mass is 35.5. The van der Waals surface area contributed by atoms with Crippen molar-refractivity contribution < 1.29 is 23.1 Å². The van der Waals surface area contributed by atoms with Crippen LogP contribution in [0.2, 0.25) is 10.0 Å². The maximum atomic E-state index is 13.5. The zero-order valence-corrected chi connectivity index (χ0v) is 17.8. The van der Waals surface area contributed by atoms with E-state index < -0.39 is 15.8 Å². The summed E-state index contributed by atoms with van der Waals surface area (Å²) in [5.41, 5.74) is 1.03. The number of ether oxygens (including phenoxy) is 1. The highest BCUT2D eigenvalue weighted by Crippen LogP contribution is 2.39. The van der Waals surface area contributed by atoms with Crippen molar-refractivity contribution in [1.29, 1.82) is 0 Å². The second-order valence-corrected chi connectivity index (χ2v) is 9.33. The average molecular weight is 467 g/mol. The number of carboxylic acids is 1. The molecule has 30 heavy (non-hydrogen) atoms. The standard InChI is InChI=1S/C20H16Cl2N2O5S/c21-15-5-3-6-16(22)17(15)30(27,28)18-14-4-1-2-11-29-19(14)24(23-18)13-9-7-12(8-10-13)20(25)26/h3,5-10H,1-2,4,11H2,(H,25,26).